The molecule has 0 N–H and O–H groups in total. The molecule has 2 aromatic rings. The van der Waals surface area contributed by atoms with Crippen LogP contribution < -0.4 is 0 Å². The van der Waals surface area contributed by atoms with Crippen molar-refractivity contribution in [1.29, 1.82) is 0 Å². The Morgan fingerprint density at radius 3 is 1.14 bits per heavy atom. The lowest BCUT2D eigenvalue weighted by molar-refractivity contribution is 1.32. The van der Waals surface area contributed by atoms with Crippen LogP contribution in [0, 0.1) is 0 Å². The Kier molecular flexibility index (Phi) is 6.99. The standard InChI is InChI=1S/C18H20S4/c1-3-15-7-16(4-1)10-20-14-22-12-18-6-2-5-17(8-18)11-21-13-19-9-15/h1-8H,9-14H2. The SMILES string of the molecule is c1cc2cc(c1)CSCSCc1cccc(c1)CSCSC2. The van der Waals surface area contributed by atoms with Crippen molar-refractivity contribution < 1.29 is 0 Å². The molecule has 22 heavy (non-hydrogen) atoms. The average Bonchev–Trinajstić information content (AvgIpc) is 2.54. The summed E-state index contributed by atoms with van der Waals surface area (Å²) < 4.78 is 0. The summed E-state index contributed by atoms with van der Waals surface area (Å²) in [5.74, 6) is 4.50. The van der Waals surface area contributed by atoms with Crippen LogP contribution in [0.5, 0.6) is 0 Å². The third-order valence-electron chi connectivity index (χ3n) is 3.39. The summed E-state index contributed by atoms with van der Waals surface area (Å²) >= 11 is 8.11. The van der Waals surface area contributed by atoms with Gasteiger partial charge in [0.2, 0.25) is 0 Å². The smallest absolute Gasteiger partial charge is 0.0398 e. The van der Waals surface area contributed by atoms with E-state index in [1.807, 2.05) is 47.0 Å². The van der Waals surface area contributed by atoms with E-state index < -0.39 is 0 Å². The second-order valence-corrected chi connectivity index (χ2v) is 9.94. The number of fused-ring (bicyclic) bond motifs is 4. The fourth-order valence-corrected chi connectivity index (χ4v) is 6.31. The lowest BCUT2D eigenvalue weighted by atomic mass is 10.2. The Balaban J connectivity index is 1.65. The molecule has 4 heteroatoms. The van der Waals surface area contributed by atoms with E-state index in [4.69, 9.17) is 0 Å². The summed E-state index contributed by atoms with van der Waals surface area (Å²) in [6.45, 7) is 0. The Morgan fingerprint density at radius 1 is 0.500 bits per heavy atom. The number of rotatable bonds is 0. The van der Waals surface area contributed by atoms with Crippen molar-refractivity contribution in [2.75, 3.05) is 10.2 Å². The van der Waals surface area contributed by atoms with Gasteiger partial charge in [-0.25, -0.2) is 0 Å². The average molecular weight is 365 g/mol. The van der Waals surface area contributed by atoms with Gasteiger partial charge < -0.3 is 0 Å². The maximum Gasteiger partial charge on any atom is 0.0398 e. The Bertz CT molecular complexity index is 501. The monoisotopic (exact) mass is 364 g/mol. The zero-order valence-corrected chi connectivity index (χ0v) is 15.8. The molecule has 1 aliphatic rings. The van der Waals surface area contributed by atoms with Crippen molar-refractivity contribution in [3.05, 3.63) is 70.8 Å². The van der Waals surface area contributed by atoms with E-state index in [1.165, 1.54) is 22.3 Å². The van der Waals surface area contributed by atoms with Crippen molar-refractivity contribution in [1.82, 2.24) is 0 Å². The van der Waals surface area contributed by atoms with Crippen LogP contribution in [0.25, 0.3) is 0 Å². The Morgan fingerprint density at radius 2 is 0.818 bits per heavy atom. The molecule has 3 rings (SSSR count). The van der Waals surface area contributed by atoms with E-state index in [9.17, 15) is 0 Å². The number of thioether (sulfide) groups is 4. The van der Waals surface area contributed by atoms with Crippen molar-refractivity contribution in [2.24, 2.45) is 0 Å². The summed E-state index contributed by atoms with van der Waals surface area (Å²) in [4.78, 5) is 0. The lowest BCUT2D eigenvalue weighted by Gasteiger charge is -2.08. The largest absolute Gasteiger partial charge is 0.146 e. The van der Waals surface area contributed by atoms with Crippen LogP contribution in [0.4, 0.5) is 0 Å². The van der Waals surface area contributed by atoms with Crippen LogP contribution >= 0.6 is 47.0 Å². The van der Waals surface area contributed by atoms with Gasteiger partial charge in [-0.2, -0.15) is 0 Å². The lowest BCUT2D eigenvalue weighted by Crippen LogP contribution is -1.89. The molecule has 0 spiro atoms. The molecule has 0 radical (unpaired) electrons. The number of hydrogen-bond donors (Lipinski definition) is 0. The van der Waals surface area contributed by atoms with E-state index in [0.29, 0.717) is 0 Å². The highest BCUT2D eigenvalue weighted by atomic mass is 32.2. The highest BCUT2D eigenvalue weighted by Gasteiger charge is 2.02. The second-order valence-electron chi connectivity index (χ2n) is 5.27. The minimum absolute atomic E-state index is 1.13. The summed E-state index contributed by atoms with van der Waals surface area (Å²) in [6, 6.07) is 18.2. The van der Waals surface area contributed by atoms with Crippen LogP contribution in [0.2, 0.25) is 0 Å². The molecule has 0 atom stereocenters. The first kappa shape index (κ1) is 16.7. The molecule has 0 aliphatic carbocycles. The van der Waals surface area contributed by atoms with Gasteiger partial charge in [0.15, 0.2) is 0 Å². The van der Waals surface area contributed by atoms with Gasteiger partial charge in [-0.3, -0.25) is 0 Å². The first-order chi connectivity index (χ1) is 10.9. The minimum atomic E-state index is 1.13. The van der Waals surface area contributed by atoms with Crippen LogP contribution in [0.1, 0.15) is 22.3 Å². The van der Waals surface area contributed by atoms with Gasteiger partial charge in [-0.1, -0.05) is 48.5 Å². The molecular formula is C18H20S4. The molecule has 1 heterocycles. The molecule has 0 fully saturated rings. The third kappa shape index (κ3) is 5.48. The third-order valence-corrected chi connectivity index (χ3v) is 8.21. The van der Waals surface area contributed by atoms with Crippen molar-refractivity contribution in [3.8, 4) is 0 Å². The van der Waals surface area contributed by atoms with Gasteiger partial charge in [-0.15, -0.1) is 47.0 Å². The molecule has 0 amide bonds. The topological polar surface area (TPSA) is 0 Å². The molecular weight excluding hydrogens is 344 g/mol. The van der Waals surface area contributed by atoms with E-state index in [2.05, 4.69) is 48.5 Å². The van der Waals surface area contributed by atoms with Crippen molar-refractivity contribution in [2.45, 2.75) is 23.0 Å². The van der Waals surface area contributed by atoms with Crippen LogP contribution in [0.15, 0.2) is 48.5 Å². The van der Waals surface area contributed by atoms with Gasteiger partial charge in [0, 0.05) is 33.2 Å². The van der Waals surface area contributed by atoms with Crippen molar-refractivity contribution >= 4 is 47.0 Å². The van der Waals surface area contributed by atoms with Gasteiger partial charge in [-0.05, 0) is 22.3 Å². The van der Waals surface area contributed by atoms with Gasteiger partial charge in [0.25, 0.3) is 0 Å². The second kappa shape index (κ2) is 9.21. The van der Waals surface area contributed by atoms with Crippen molar-refractivity contribution in [3.63, 3.8) is 0 Å². The molecule has 0 aromatic heterocycles. The molecule has 1 aliphatic heterocycles. The Labute approximate surface area is 150 Å². The van der Waals surface area contributed by atoms with Crippen LogP contribution in [-0.2, 0) is 23.0 Å². The van der Waals surface area contributed by atoms with E-state index in [-0.39, 0.29) is 0 Å². The molecule has 0 saturated carbocycles. The minimum Gasteiger partial charge on any atom is -0.146 e. The van der Waals surface area contributed by atoms with E-state index in [1.54, 1.807) is 0 Å². The van der Waals surface area contributed by atoms with E-state index in [0.717, 1.165) is 33.2 Å². The first-order valence-corrected chi connectivity index (χ1v) is 12.0. The molecule has 116 valence electrons. The normalized spacial score (nSPS) is 17.1. The van der Waals surface area contributed by atoms with Gasteiger partial charge >= 0.3 is 0 Å². The van der Waals surface area contributed by atoms with Crippen LogP contribution in [-0.4, -0.2) is 10.2 Å². The molecule has 0 unspecified atom stereocenters. The number of benzene rings is 2. The zero-order chi connectivity index (χ0) is 15.0. The summed E-state index contributed by atoms with van der Waals surface area (Å²) in [7, 11) is 0. The maximum atomic E-state index is 2.38. The molecule has 4 bridgehead atoms. The quantitative estimate of drug-likeness (QED) is 0.541. The predicted molar refractivity (Wildman–Crippen MR) is 108 cm³/mol. The van der Waals surface area contributed by atoms with Crippen LogP contribution in [0.3, 0.4) is 0 Å². The molecule has 0 saturated heterocycles. The Hall–Kier alpha value is -0.160. The fraction of sp³-hybridized carbons (Fsp3) is 0.333. The van der Waals surface area contributed by atoms with Gasteiger partial charge in [0.1, 0.15) is 0 Å². The number of hydrogen-bond acceptors (Lipinski definition) is 4. The zero-order valence-electron chi connectivity index (χ0n) is 12.5. The fourth-order valence-electron chi connectivity index (χ4n) is 2.37. The predicted octanol–water partition coefficient (Wildman–Crippen LogP) is 6.25. The summed E-state index contributed by atoms with van der Waals surface area (Å²) in [5, 5.41) is 2.33. The summed E-state index contributed by atoms with van der Waals surface area (Å²) in [6.07, 6.45) is 0. The maximum absolute atomic E-state index is 2.38. The molecule has 0 nitrogen and oxygen atoms in total. The first-order valence-electron chi connectivity index (χ1n) is 7.37. The summed E-state index contributed by atoms with van der Waals surface area (Å²) in [5.41, 5.74) is 5.85. The highest BCUT2D eigenvalue weighted by Crippen LogP contribution is 2.26. The van der Waals surface area contributed by atoms with Gasteiger partial charge in [0.05, 0.1) is 0 Å². The molecule has 2 aromatic carbocycles. The van der Waals surface area contributed by atoms with E-state index >= 15 is 0 Å². The highest BCUT2D eigenvalue weighted by molar-refractivity contribution is 8.15.